The first kappa shape index (κ1) is 18.6. The van der Waals surface area contributed by atoms with Gasteiger partial charge in [0.05, 0.1) is 12.1 Å². The molecule has 0 radical (unpaired) electrons. The van der Waals surface area contributed by atoms with Crippen LogP contribution in [0, 0.1) is 12.8 Å². The van der Waals surface area contributed by atoms with Crippen molar-refractivity contribution >= 4 is 5.91 Å². The fraction of sp³-hybridized carbons (Fsp3) is 0.524. The standard InChI is InChI=1S/C21H29N3O2/c1-17-13-20(26-22-17)14-21(25)24(12-10-18-7-4-3-5-8-18)16-19-9-6-11-23(2)15-19/h3-5,7-8,13,19H,6,9-12,14-16H2,1-2H3/t19-/m0/s1. The summed E-state index contributed by atoms with van der Waals surface area (Å²) in [7, 11) is 2.17. The van der Waals surface area contributed by atoms with Gasteiger partial charge in [0.1, 0.15) is 5.76 Å². The predicted octanol–water partition coefficient (Wildman–Crippen LogP) is 2.94. The van der Waals surface area contributed by atoms with Gasteiger partial charge in [-0.05, 0) is 51.3 Å². The third-order valence-corrected chi connectivity index (χ3v) is 5.07. The molecule has 1 aromatic heterocycles. The Labute approximate surface area is 156 Å². The molecule has 5 nitrogen and oxygen atoms in total. The third kappa shape index (κ3) is 5.43. The highest BCUT2D eigenvalue weighted by atomic mass is 16.5. The average molecular weight is 355 g/mol. The molecular formula is C21H29N3O2. The largest absolute Gasteiger partial charge is 0.361 e. The Morgan fingerprint density at radius 3 is 2.85 bits per heavy atom. The predicted molar refractivity (Wildman–Crippen MR) is 102 cm³/mol. The van der Waals surface area contributed by atoms with E-state index in [4.69, 9.17) is 4.52 Å². The van der Waals surface area contributed by atoms with Crippen molar-refractivity contribution in [3.8, 4) is 0 Å². The molecule has 0 N–H and O–H groups in total. The van der Waals surface area contributed by atoms with Crippen LogP contribution in [0.15, 0.2) is 40.9 Å². The Bertz CT molecular complexity index is 698. The molecule has 1 aliphatic rings. The Kier molecular flexibility index (Phi) is 6.45. The maximum Gasteiger partial charge on any atom is 0.230 e. The Balaban J connectivity index is 1.64. The number of aromatic nitrogens is 1. The minimum atomic E-state index is 0.130. The van der Waals surface area contributed by atoms with Crippen LogP contribution in [0.1, 0.15) is 29.9 Å². The summed E-state index contributed by atoms with van der Waals surface area (Å²) in [6.07, 6.45) is 3.58. The van der Waals surface area contributed by atoms with E-state index in [2.05, 4.69) is 41.4 Å². The first-order chi connectivity index (χ1) is 12.6. The van der Waals surface area contributed by atoms with E-state index in [1.807, 2.05) is 24.0 Å². The van der Waals surface area contributed by atoms with E-state index in [1.165, 1.54) is 18.4 Å². The van der Waals surface area contributed by atoms with Gasteiger partial charge in [0, 0.05) is 25.7 Å². The number of piperidine rings is 1. The second-order valence-electron chi connectivity index (χ2n) is 7.46. The van der Waals surface area contributed by atoms with Crippen molar-refractivity contribution in [1.82, 2.24) is 15.0 Å². The number of carbonyl (C=O) groups is 1. The van der Waals surface area contributed by atoms with Crippen LogP contribution in [0.5, 0.6) is 0 Å². The van der Waals surface area contributed by atoms with Crippen molar-refractivity contribution in [3.05, 3.63) is 53.4 Å². The lowest BCUT2D eigenvalue weighted by Crippen LogP contribution is -2.43. The molecule has 2 aromatic rings. The van der Waals surface area contributed by atoms with E-state index in [0.717, 1.165) is 38.3 Å². The summed E-state index contributed by atoms with van der Waals surface area (Å²) in [6, 6.07) is 12.2. The Morgan fingerprint density at radius 2 is 2.15 bits per heavy atom. The summed E-state index contributed by atoms with van der Waals surface area (Å²) < 4.78 is 5.25. The lowest BCUT2D eigenvalue weighted by atomic mass is 9.97. The van der Waals surface area contributed by atoms with Gasteiger partial charge in [-0.15, -0.1) is 0 Å². The molecule has 0 aliphatic carbocycles. The second-order valence-corrected chi connectivity index (χ2v) is 7.46. The molecule has 1 aromatic carbocycles. The van der Waals surface area contributed by atoms with Gasteiger partial charge in [0.15, 0.2) is 0 Å². The number of likely N-dealkylation sites (tertiary alicyclic amines) is 1. The van der Waals surface area contributed by atoms with Gasteiger partial charge < -0.3 is 14.3 Å². The molecule has 2 heterocycles. The minimum Gasteiger partial charge on any atom is -0.361 e. The molecular weight excluding hydrogens is 326 g/mol. The maximum atomic E-state index is 12.9. The number of carbonyl (C=O) groups excluding carboxylic acids is 1. The number of amides is 1. The van der Waals surface area contributed by atoms with Crippen LogP contribution in [0.4, 0.5) is 0 Å². The first-order valence-corrected chi connectivity index (χ1v) is 9.52. The summed E-state index contributed by atoms with van der Waals surface area (Å²) >= 11 is 0. The van der Waals surface area contributed by atoms with Gasteiger partial charge in [-0.3, -0.25) is 4.79 Å². The molecule has 26 heavy (non-hydrogen) atoms. The second kappa shape index (κ2) is 8.99. The summed E-state index contributed by atoms with van der Waals surface area (Å²) in [5.41, 5.74) is 2.08. The zero-order valence-electron chi connectivity index (χ0n) is 15.9. The summed E-state index contributed by atoms with van der Waals surface area (Å²) in [5.74, 6) is 1.33. The molecule has 1 amide bonds. The van der Waals surface area contributed by atoms with Crippen LogP contribution >= 0.6 is 0 Å². The highest BCUT2D eigenvalue weighted by Crippen LogP contribution is 2.18. The van der Waals surface area contributed by atoms with Crippen molar-refractivity contribution in [2.45, 2.75) is 32.6 Å². The third-order valence-electron chi connectivity index (χ3n) is 5.07. The van der Waals surface area contributed by atoms with Crippen LogP contribution in [0.3, 0.4) is 0 Å². The topological polar surface area (TPSA) is 49.6 Å². The van der Waals surface area contributed by atoms with Crippen LogP contribution in [-0.4, -0.2) is 54.1 Å². The Morgan fingerprint density at radius 1 is 1.35 bits per heavy atom. The lowest BCUT2D eigenvalue weighted by Gasteiger charge is -2.34. The minimum absolute atomic E-state index is 0.130. The molecule has 1 fully saturated rings. The molecule has 0 unspecified atom stereocenters. The molecule has 1 saturated heterocycles. The van der Waals surface area contributed by atoms with Crippen LogP contribution < -0.4 is 0 Å². The molecule has 140 valence electrons. The van der Waals surface area contributed by atoms with Crippen molar-refractivity contribution in [2.24, 2.45) is 5.92 Å². The zero-order valence-corrected chi connectivity index (χ0v) is 15.9. The fourth-order valence-corrected chi connectivity index (χ4v) is 3.72. The number of benzene rings is 1. The molecule has 1 aliphatic heterocycles. The van der Waals surface area contributed by atoms with Gasteiger partial charge in [0.2, 0.25) is 5.91 Å². The number of aryl methyl sites for hydroxylation is 1. The van der Waals surface area contributed by atoms with E-state index in [-0.39, 0.29) is 12.3 Å². The number of hydrogen-bond acceptors (Lipinski definition) is 4. The zero-order chi connectivity index (χ0) is 18.4. The van der Waals surface area contributed by atoms with E-state index >= 15 is 0 Å². The number of rotatable bonds is 7. The smallest absolute Gasteiger partial charge is 0.230 e. The highest BCUT2D eigenvalue weighted by molar-refractivity contribution is 5.78. The SMILES string of the molecule is Cc1cc(CC(=O)N(CCc2ccccc2)C[C@H]2CCCN(C)C2)on1. The lowest BCUT2D eigenvalue weighted by molar-refractivity contribution is -0.131. The summed E-state index contributed by atoms with van der Waals surface area (Å²) in [4.78, 5) is 17.3. The summed E-state index contributed by atoms with van der Waals surface area (Å²) in [5, 5.41) is 3.90. The van der Waals surface area contributed by atoms with Crippen LogP contribution in [0.25, 0.3) is 0 Å². The van der Waals surface area contributed by atoms with E-state index in [9.17, 15) is 4.79 Å². The van der Waals surface area contributed by atoms with Crippen molar-refractivity contribution in [3.63, 3.8) is 0 Å². The van der Waals surface area contributed by atoms with Crippen molar-refractivity contribution < 1.29 is 9.32 Å². The normalized spacial score (nSPS) is 18.0. The molecule has 0 saturated carbocycles. The van der Waals surface area contributed by atoms with Gasteiger partial charge in [0.25, 0.3) is 0 Å². The van der Waals surface area contributed by atoms with Gasteiger partial charge >= 0.3 is 0 Å². The molecule has 1 atom stereocenters. The average Bonchev–Trinajstić information content (AvgIpc) is 3.04. The molecule has 5 heteroatoms. The van der Waals surface area contributed by atoms with Gasteiger partial charge in [-0.2, -0.15) is 0 Å². The van der Waals surface area contributed by atoms with Gasteiger partial charge in [-0.1, -0.05) is 35.5 Å². The van der Waals surface area contributed by atoms with Crippen LogP contribution in [-0.2, 0) is 17.6 Å². The molecule has 0 spiro atoms. The number of hydrogen-bond donors (Lipinski definition) is 0. The van der Waals surface area contributed by atoms with Crippen LogP contribution in [0.2, 0.25) is 0 Å². The van der Waals surface area contributed by atoms with E-state index in [0.29, 0.717) is 11.7 Å². The monoisotopic (exact) mass is 355 g/mol. The Hall–Kier alpha value is -2.14. The fourth-order valence-electron chi connectivity index (χ4n) is 3.72. The van der Waals surface area contributed by atoms with Gasteiger partial charge in [-0.25, -0.2) is 0 Å². The van der Waals surface area contributed by atoms with E-state index in [1.54, 1.807) is 0 Å². The summed E-state index contributed by atoms with van der Waals surface area (Å²) in [6.45, 7) is 5.67. The first-order valence-electron chi connectivity index (χ1n) is 9.52. The van der Waals surface area contributed by atoms with Crippen molar-refractivity contribution in [2.75, 3.05) is 33.2 Å². The quantitative estimate of drug-likeness (QED) is 0.766. The van der Waals surface area contributed by atoms with Crippen molar-refractivity contribution in [1.29, 1.82) is 0 Å². The number of nitrogens with zero attached hydrogens (tertiary/aromatic N) is 3. The van der Waals surface area contributed by atoms with E-state index < -0.39 is 0 Å². The molecule has 3 rings (SSSR count). The highest BCUT2D eigenvalue weighted by Gasteiger charge is 2.23. The molecule has 0 bridgehead atoms. The maximum absolute atomic E-state index is 12.9.